The van der Waals surface area contributed by atoms with Crippen molar-refractivity contribution in [1.29, 1.82) is 0 Å². The fourth-order valence-electron chi connectivity index (χ4n) is 4.11. The fourth-order valence-corrected chi connectivity index (χ4v) is 5.03. The van der Waals surface area contributed by atoms with Crippen molar-refractivity contribution in [2.24, 2.45) is 7.05 Å². The van der Waals surface area contributed by atoms with Crippen LogP contribution in [0.3, 0.4) is 0 Å². The van der Waals surface area contributed by atoms with Crippen molar-refractivity contribution in [3.63, 3.8) is 0 Å². The number of rotatable bonds is 5. The highest BCUT2D eigenvalue weighted by Crippen LogP contribution is 2.29. The number of benzene rings is 3. The molecule has 152 valence electrons. The molecule has 0 atom stereocenters. The molecule has 0 aliphatic heterocycles. The van der Waals surface area contributed by atoms with E-state index in [0.717, 1.165) is 51.1 Å². The Balaban J connectivity index is 1.40. The molecule has 6 aromatic rings. The smallest absolute Gasteiger partial charge is 0.237 e. The lowest BCUT2D eigenvalue weighted by atomic mass is 10.2. The van der Waals surface area contributed by atoms with Crippen molar-refractivity contribution in [3.8, 4) is 0 Å². The first kappa shape index (κ1) is 18.2. The van der Waals surface area contributed by atoms with Crippen LogP contribution in [0.15, 0.2) is 84.0 Å². The Morgan fingerprint density at radius 3 is 2.29 bits per heavy atom. The average Bonchev–Trinajstić information content (AvgIpc) is 3.46. The summed E-state index contributed by atoms with van der Waals surface area (Å²) in [6, 6.07) is 27.1. The van der Waals surface area contributed by atoms with Gasteiger partial charge in [-0.25, -0.2) is 4.98 Å². The second-order valence-electron chi connectivity index (χ2n) is 7.54. The van der Waals surface area contributed by atoms with Crippen molar-refractivity contribution in [2.75, 3.05) is 0 Å². The van der Waals surface area contributed by atoms with Gasteiger partial charge < -0.3 is 9.13 Å². The molecular weight excluding hydrogens is 404 g/mol. The van der Waals surface area contributed by atoms with Gasteiger partial charge in [-0.05, 0) is 29.8 Å². The number of hydrogen-bond acceptors (Lipinski definition) is 4. The van der Waals surface area contributed by atoms with E-state index < -0.39 is 0 Å². The molecule has 0 spiro atoms. The lowest BCUT2D eigenvalue weighted by molar-refractivity contribution is 0.839. The fraction of sp³-hybridized carbons (Fsp3) is 0.125. The standard InChI is InChI=1S/C24H20N6S/c1-28-19-12-6-5-11-18(19)25-22(28)16-31-24-27-26-23-29(15-17-9-3-2-4-10-17)20-13-7-8-14-21(20)30(23)24/h2-14H,15-16H2,1H3. The van der Waals surface area contributed by atoms with Crippen molar-refractivity contribution < 1.29 is 0 Å². The van der Waals surface area contributed by atoms with Gasteiger partial charge >= 0.3 is 0 Å². The summed E-state index contributed by atoms with van der Waals surface area (Å²) in [5.74, 6) is 2.61. The monoisotopic (exact) mass is 424 g/mol. The van der Waals surface area contributed by atoms with E-state index in [1.54, 1.807) is 11.8 Å². The molecule has 0 aliphatic rings. The Kier molecular flexibility index (Phi) is 4.28. The van der Waals surface area contributed by atoms with Crippen LogP contribution in [0.1, 0.15) is 11.4 Å². The van der Waals surface area contributed by atoms with Crippen LogP contribution in [-0.4, -0.2) is 28.7 Å². The zero-order valence-corrected chi connectivity index (χ0v) is 17.8. The Morgan fingerprint density at radius 1 is 0.774 bits per heavy atom. The molecule has 0 radical (unpaired) electrons. The van der Waals surface area contributed by atoms with Gasteiger partial charge in [-0.1, -0.05) is 66.4 Å². The number of nitrogens with zero attached hydrogens (tertiary/aromatic N) is 6. The zero-order valence-electron chi connectivity index (χ0n) is 17.0. The molecule has 0 fully saturated rings. The summed E-state index contributed by atoms with van der Waals surface area (Å²) >= 11 is 1.67. The first-order valence-electron chi connectivity index (χ1n) is 10.2. The predicted octanol–water partition coefficient (Wildman–Crippen LogP) is 4.91. The Hall–Kier alpha value is -3.58. The van der Waals surface area contributed by atoms with Crippen molar-refractivity contribution >= 4 is 39.6 Å². The Labute approximate surface area is 183 Å². The molecule has 3 aromatic carbocycles. The van der Waals surface area contributed by atoms with Gasteiger partial charge in [0.15, 0.2) is 5.16 Å². The van der Waals surface area contributed by atoms with Crippen LogP contribution in [0.4, 0.5) is 0 Å². The van der Waals surface area contributed by atoms with Crippen molar-refractivity contribution in [2.45, 2.75) is 17.5 Å². The third kappa shape index (κ3) is 3.00. The highest BCUT2D eigenvalue weighted by atomic mass is 32.2. The summed E-state index contributed by atoms with van der Waals surface area (Å²) in [6.45, 7) is 0.755. The summed E-state index contributed by atoms with van der Waals surface area (Å²) < 4.78 is 6.54. The first-order valence-corrected chi connectivity index (χ1v) is 11.2. The summed E-state index contributed by atoms with van der Waals surface area (Å²) in [6.07, 6.45) is 0. The molecule has 31 heavy (non-hydrogen) atoms. The van der Waals surface area contributed by atoms with Crippen LogP contribution in [0.2, 0.25) is 0 Å². The van der Waals surface area contributed by atoms with Crippen molar-refractivity contribution in [3.05, 3.63) is 90.3 Å². The maximum absolute atomic E-state index is 4.79. The van der Waals surface area contributed by atoms with E-state index in [0.29, 0.717) is 0 Å². The summed E-state index contributed by atoms with van der Waals surface area (Å²) in [7, 11) is 2.07. The minimum absolute atomic E-state index is 0.726. The summed E-state index contributed by atoms with van der Waals surface area (Å²) in [5, 5.41) is 9.96. The molecule has 6 nitrogen and oxygen atoms in total. The van der Waals surface area contributed by atoms with Crippen LogP contribution in [0.25, 0.3) is 27.8 Å². The molecule has 0 aliphatic carbocycles. The number of aromatic nitrogens is 6. The molecular formula is C24H20N6S. The SMILES string of the molecule is Cn1c(CSc2nnc3n(Cc4ccccc4)c4ccccc4n23)nc2ccccc21. The van der Waals surface area contributed by atoms with Crippen LogP contribution >= 0.6 is 11.8 Å². The van der Waals surface area contributed by atoms with E-state index in [1.165, 1.54) is 5.56 Å². The minimum atomic E-state index is 0.726. The quantitative estimate of drug-likeness (QED) is 0.369. The van der Waals surface area contributed by atoms with Gasteiger partial charge in [-0.3, -0.25) is 4.40 Å². The third-order valence-electron chi connectivity index (χ3n) is 5.66. The number of hydrogen-bond donors (Lipinski definition) is 0. The maximum atomic E-state index is 4.79. The van der Waals surface area contributed by atoms with Crippen LogP contribution in [0, 0.1) is 0 Å². The molecule has 6 rings (SSSR count). The van der Waals surface area contributed by atoms with Gasteiger partial charge in [0.25, 0.3) is 0 Å². The molecule has 0 saturated heterocycles. The van der Waals surface area contributed by atoms with E-state index in [-0.39, 0.29) is 0 Å². The molecule has 3 aromatic heterocycles. The lowest BCUT2D eigenvalue weighted by Gasteiger charge is -2.04. The van der Waals surface area contributed by atoms with Gasteiger partial charge in [0.2, 0.25) is 5.78 Å². The van der Waals surface area contributed by atoms with Gasteiger partial charge in [-0.2, -0.15) is 0 Å². The topological polar surface area (TPSA) is 52.9 Å². The second kappa shape index (κ2) is 7.28. The lowest BCUT2D eigenvalue weighted by Crippen LogP contribution is -2.00. The summed E-state index contributed by atoms with van der Waals surface area (Å²) in [4.78, 5) is 4.79. The molecule has 0 amide bonds. The van der Waals surface area contributed by atoms with E-state index in [4.69, 9.17) is 4.98 Å². The summed E-state index contributed by atoms with van der Waals surface area (Å²) in [5.41, 5.74) is 5.67. The molecule has 0 N–H and O–H groups in total. The van der Waals surface area contributed by atoms with Gasteiger partial charge in [0.05, 0.1) is 34.4 Å². The van der Waals surface area contributed by atoms with Crippen molar-refractivity contribution in [1.82, 2.24) is 28.7 Å². The maximum Gasteiger partial charge on any atom is 0.237 e. The van der Waals surface area contributed by atoms with Gasteiger partial charge in [0.1, 0.15) is 5.82 Å². The molecule has 7 heteroatoms. The van der Waals surface area contributed by atoms with Crippen LogP contribution in [0.5, 0.6) is 0 Å². The van der Waals surface area contributed by atoms with E-state index in [2.05, 4.69) is 91.4 Å². The van der Waals surface area contributed by atoms with E-state index >= 15 is 0 Å². The highest BCUT2D eigenvalue weighted by Gasteiger charge is 2.18. The number of imidazole rings is 2. The largest absolute Gasteiger partial charge is 0.330 e. The molecule has 0 unspecified atom stereocenters. The van der Waals surface area contributed by atoms with E-state index in [1.807, 2.05) is 18.2 Å². The molecule has 0 bridgehead atoms. The normalized spacial score (nSPS) is 11.8. The van der Waals surface area contributed by atoms with E-state index in [9.17, 15) is 0 Å². The number of para-hydroxylation sites is 4. The number of thioether (sulfide) groups is 1. The van der Waals surface area contributed by atoms with Crippen LogP contribution in [-0.2, 0) is 19.3 Å². The van der Waals surface area contributed by atoms with Crippen LogP contribution < -0.4 is 0 Å². The molecule has 3 heterocycles. The average molecular weight is 425 g/mol. The first-order chi connectivity index (χ1) is 15.3. The minimum Gasteiger partial charge on any atom is -0.330 e. The third-order valence-corrected chi connectivity index (χ3v) is 6.59. The van der Waals surface area contributed by atoms with Gasteiger partial charge in [0, 0.05) is 7.05 Å². The Bertz CT molecular complexity index is 1530. The van der Waals surface area contributed by atoms with Gasteiger partial charge in [-0.15, -0.1) is 10.2 Å². The Morgan fingerprint density at radius 2 is 1.48 bits per heavy atom. The second-order valence-corrected chi connectivity index (χ2v) is 8.49. The molecule has 0 saturated carbocycles. The number of aryl methyl sites for hydroxylation is 1. The highest BCUT2D eigenvalue weighted by molar-refractivity contribution is 7.98. The zero-order chi connectivity index (χ0) is 20.8. The predicted molar refractivity (Wildman–Crippen MR) is 124 cm³/mol. The number of fused-ring (bicyclic) bond motifs is 4.